The van der Waals surface area contributed by atoms with E-state index < -0.39 is 18.1 Å². The third-order valence-corrected chi connectivity index (χ3v) is 2.18. The molecule has 1 aliphatic rings. The largest absolute Gasteiger partial charge is 0.481 e. The number of carboxylic acids is 1. The molecule has 1 amide bonds. The molecule has 1 heterocycles. The van der Waals surface area contributed by atoms with Crippen molar-refractivity contribution in [2.75, 3.05) is 19.6 Å². The zero-order valence-electron chi connectivity index (χ0n) is 8.25. The van der Waals surface area contributed by atoms with Crippen molar-refractivity contribution in [3.05, 3.63) is 0 Å². The molecule has 0 spiro atoms. The second-order valence-corrected chi connectivity index (χ2v) is 3.50. The zero-order valence-corrected chi connectivity index (χ0v) is 8.25. The SMILES string of the molecule is O=C(O)CCNC1CN(C(=O)C(F)(F)F)C1. The van der Waals surface area contributed by atoms with Crippen molar-refractivity contribution < 1.29 is 27.9 Å². The van der Waals surface area contributed by atoms with Gasteiger partial charge in [-0.3, -0.25) is 9.59 Å². The second kappa shape index (κ2) is 4.69. The van der Waals surface area contributed by atoms with E-state index in [-0.39, 0.29) is 32.1 Å². The molecular formula is C8H11F3N2O3. The van der Waals surface area contributed by atoms with E-state index in [0.29, 0.717) is 4.90 Å². The number of rotatable bonds is 4. The first-order chi connectivity index (χ1) is 7.30. The van der Waals surface area contributed by atoms with Crippen LogP contribution >= 0.6 is 0 Å². The monoisotopic (exact) mass is 240 g/mol. The minimum Gasteiger partial charge on any atom is -0.481 e. The fourth-order valence-electron chi connectivity index (χ4n) is 1.34. The van der Waals surface area contributed by atoms with Crippen molar-refractivity contribution in [2.24, 2.45) is 0 Å². The summed E-state index contributed by atoms with van der Waals surface area (Å²) in [4.78, 5) is 21.5. The molecule has 1 aliphatic heterocycles. The number of carbonyl (C=O) groups excluding carboxylic acids is 1. The molecule has 0 atom stereocenters. The maximum absolute atomic E-state index is 11.9. The molecule has 1 saturated heterocycles. The molecule has 5 nitrogen and oxygen atoms in total. The van der Waals surface area contributed by atoms with Crippen LogP contribution in [0.2, 0.25) is 0 Å². The van der Waals surface area contributed by atoms with Gasteiger partial charge in [-0.25, -0.2) is 0 Å². The average Bonchev–Trinajstić information content (AvgIpc) is 2.05. The Morgan fingerprint density at radius 2 is 1.94 bits per heavy atom. The number of likely N-dealkylation sites (tertiary alicyclic amines) is 1. The minimum atomic E-state index is -4.83. The second-order valence-electron chi connectivity index (χ2n) is 3.50. The van der Waals surface area contributed by atoms with E-state index in [4.69, 9.17) is 5.11 Å². The van der Waals surface area contributed by atoms with E-state index in [2.05, 4.69) is 5.32 Å². The third kappa shape index (κ3) is 3.37. The summed E-state index contributed by atoms with van der Waals surface area (Å²) in [5.41, 5.74) is 0. The van der Waals surface area contributed by atoms with E-state index in [9.17, 15) is 22.8 Å². The highest BCUT2D eigenvalue weighted by Gasteiger charge is 2.46. The minimum absolute atomic E-state index is 0.0298. The molecular weight excluding hydrogens is 229 g/mol. The van der Waals surface area contributed by atoms with Crippen LogP contribution in [0.5, 0.6) is 0 Å². The first-order valence-electron chi connectivity index (χ1n) is 4.62. The standard InChI is InChI=1S/C8H11F3N2O3/c9-8(10,11)7(16)13-3-5(4-13)12-2-1-6(14)15/h5,12H,1-4H2,(H,14,15). The van der Waals surface area contributed by atoms with Gasteiger partial charge >= 0.3 is 18.1 Å². The Morgan fingerprint density at radius 3 is 2.38 bits per heavy atom. The Bertz CT molecular complexity index is 287. The van der Waals surface area contributed by atoms with Crippen molar-refractivity contribution in [3.8, 4) is 0 Å². The highest BCUT2D eigenvalue weighted by Crippen LogP contribution is 2.21. The smallest absolute Gasteiger partial charge is 0.471 e. The number of nitrogens with one attached hydrogen (secondary N) is 1. The molecule has 1 rings (SSSR count). The summed E-state index contributed by atoms with van der Waals surface area (Å²) in [7, 11) is 0. The Kier molecular flexibility index (Phi) is 3.74. The summed E-state index contributed by atoms with van der Waals surface area (Å²) >= 11 is 0. The number of alkyl halides is 3. The molecule has 0 saturated carbocycles. The summed E-state index contributed by atoms with van der Waals surface area (Å²) in [6, 6.07) is -0.245. The summed E-state index contributed by atoms with van der Waals surface area (Å²) < 4.78 is 35.7. The molecule has 8 heteroatoms. The van der Waals surface area contributed by atoms with Crippen LogP contribution in [0.15, 0.2) is 0 Å². The fraction of sp³-hybridized carbons (Fsp3) is 0.750. The number of halogens is 3. The lowest BCUT2D eigenvalue weighted by atomic mass is 10.1. The predicted molar refractivity (Wildman–Crippen MR) is 46.7 cm³/mol. The molecule has 0 aromatic rings. The molecule has 2 N–H and O–H groups in total. The summed E-state index contributed by atoms with van der Waals surface area (Å²) in [6.45, 7) is 0.129. The van der Waals surface area contributed by atoms with Crippen molar-refractivity contribution in [1.82, 2.24) is 10.2 Å². The van der Waals surface area contributed by atoms with Crippen molar-refractivity contribution in [2.45, 2.75) is 18.6 Å². The Morgan fingerprint density at radius 1 is 1.38 bits per heavy atom. The van der Waals surface area contributed by atoms with Crippen LogP contribution < -0.4 is 5.32 Å². The zero-order chi connectivity index (χ0) is 12.3. The van der Waals surface area contributed by atoms with Crippen LogP contribution in [-0.4, -0.2) is 53.7 Å². The van der Waals surface area contributed by atoms with Crippen LogP contribution in [0.3, 0.4) is 0 Å². The van der Waals surface area contributed by atoms with Gasteiger partial charge in [-0.15, -0.1) is 0 Å². The van der Waals surface area contributed by atoms with Gasteiger partial charge in [-0.05, 0) is 0 Å². The van der Waals surface area contributed by atoms with Gasteiger partial charge in [-0.1, -0.05) is 0 Å². The van der Waals surface area contributed by atoms with Gasteiger partial charge in [0, 0.05) is 25.7 Å². The highest BCUT2D eigenvalue weighted by atomic mass is 19.4. The normalized spacial score (nSPS) is 17.1. The van der Waals surface area contributed by atoms with Gasteiger partial charge in [-0.2, -0.15) is 13.2 Å². The topological polar surface area (TPSA) is 69.6 Å². The third-order valence-electron chi connectivity index (χ3n) is 2.18. The Balaban J connectivity index is 2.18. The number of carbonyl (C=O) groups is 2. The van der Waals surface area contributed by atoms with E-state index in [1.165, 1.54) is 0 Å². The number of carboxylic acid groups (broad SMARTS) is 1. The van der Waals surface area contributed by atoms with Gasteiger partial charge in [0.25, 0.3) is 0 Å². The molecule has 16 heavy (non-hydrogen) atoms. The summed E-state index contributed by atoms with van der Waals surface area (Å²) in [6.07, 6.45) is -4.92. The Labute approximate surface area is 89.2 Å². The van der Waals surface area contributed by atoms with Crippen LogP contribution in [0.4, 0.5) is 13.2 Å². The molecule has 0 aromatic carbocycles. The lowest BCUT2D eigenvalue weighted by Gasteiger charge is -2.39. The van der Waals surface area contributed by atoms with Gasteiger partial charge in [0.15, 0.2) is 0 Å². The molecule has 92 valence electrons. The maximum atomic E-state index is 11.9. The molecule has 0 aromatic heterocycles. The average molecular weight is 240 g/mol. The number of amides is 1. The van der Waals surface area contributed by atoms with Gasteiger partial charge < -0.3 is 15.3 Å². The molecule has 1 fully saturated rings. The van der Waals surface area contributed by atoms with Crippen molar-refractivity contribution >= 4 is 11.9 Å². The number of nitrogens with zero attached hydrogens (tertiary/aromatic N) is 1. The lowest BCUT2D eigenvalue weighted by molar-refractivity contribution is -0.190. The van der Waals surface area contributed by atoms with Crippen LogP contribution in [0, 0.1) is 0 Å². The molecule has 0 unspecified atom stereocenters. The van der Waals surface area contributed by atoms with E-state index in [0.717, 1.165) is 0 Å². The number of hydrogen-bond acceptors (Lipinski definition) is 3. The summed E-state index contributed by atoms with van der Waals surface area (Å²) in [5, 5.41) is 11.1. The first kappa shape index (κ1) is 12.8. The first-order valence-corrected chi connectivity index (χ1v) is 4.62. The quantitative estimate of drug-likeness (QED) is 0.715. The molecule has 0 aliphatic carbocycles. The van der Waals surface area contributed by atoms with Gasteiger partial charge in [0.1, 0.15) is 0 Å². The van der Waals surface area contributed by atoms with E-state index >= 15 is 0 Å². The summed E-state index contributed by atoms with van der Waals surface area (Å²) in [5.74, 6) is -2.82. The Hall–Kier alpha value is -1.31. The van der Waals surface area contributed by atoms with Crippen LogP contribution in [0.25, 0.3) is 0 Å². The van der Waals surface area contributed by atoms with Crippen LogP contribution in [-0.2, 0) is 9.59 Å². The van der Waals surface area contributed by atoms with Gasteiger partial charge in [0.05, 0.1) is 6.42 Å². The van der Waals surface area contributed by atoms with E-state index in [1.54, 1.807) is 0 Å². The van der Waals surface area contributed by atoms with Crippen LogP contribution in [0.1, 0.15) is 6.42 Å². The molecule has 0 bridgehead atoms. The van der Waals surface area contributed by atoms with Crippen molar-refractivity contribution in [1.29, 1.82) is 0 Å². The lowest BCUT2D eigenvalue weighted by Crippen LogP contribution is -2.62. The predicted octanol–water partition coefficient (Wildman–Crippen LogP) is -0.176. The number of aliphatic carboxylic acids is 1. The van der Waals surface area contributed by atoms with E-state index in [1.807, 2.05) is 0 Å². The fourth-order valence-corrected chi connectivity index (χ4v) is 1.34. The number of hydrogen-bond donors (Lipinski definition) is 2. The maximum Gasteiger partial charge on any atom is 0.471 e. The highest BCUT2D eigenvalue weighted by molar-refractivity contribution is 5.82. The molecule has 0 radical (unpaired) electrons. The van der Waals surface area contributed by atoms with Gasteiger partial charge in [0.2, 0.25) is 0 Å². The van der Waals surface area contributed by atoms with Crippen molar-refractivity contribution in [3.63, 3.8) is 0 Å².